The fraction of sp³-hybridized carbons (Fsp3) is 0.143. The molecule has 0 aromatic heterocycles. The average Bonchev–Trinajstić information content (AvgIpc) is 1.89. The molecule has 0 atom stereocenters. The van der Waals surface area contributed by atoms with E-state index in [0.29, 0.717) is 12.0 Å². The second-order valence-corrected chi connectivity index (χ2v) is 2.46. The van der Waals surface area contributed by atoms with E-state index in [1.54, 1.807) is 0 Å². The molecule has 1 radical (unpaired) electrons. The van der Waals surface area contributed by atoms with Gasteiger partial charge in [-0.05, 0) is 18.6 Å². The normalized spacial score (nSPS) is 9.56. The van der Waals surface area contributed by atoms with E-state index in [1.807, 2.05) is 31.2 Å². The van der Waals surface area contributed by atoms with Gasteiger partial charge >= 0.3 is 0 Å². The fourth-order valence-corrected chi connectivity index (χ4v) is 0.984. The van der Waals surface area contributed by atoms with Gasteiger partial charge in [0.25, 0.3) is 0 Å². The summed E-state index contributed by atoms with van der Waals surface area (Å²) in [5.41, 5.74) is 1.05. The Labute approximate surface area is 58.9 Å². The Morgan fingerprint density at radius 1 is 1.33 bits per heavy atom. The second kappa shape index (κ2) is 2.90. The molecule has 47 valence electrons. The Hall–Kier alpha value is -0.470. The molecule has 9 heavy (non-hydrogen) atoms. The van der Waals surface area contributed by atoms with Gasteiger partial charge in [-0.2, -0.15) is 0 Å². The van der Waals surface area contributed by atoms with Crippen molar-refractivity contribution in [1.29, 1.82) is 0 Å². The highest BCUT2D eigenvalue weighted by atomic mass is 32.2. The van der Waals surface area contributed by atoms with E-state index in [0.717, 1.165) is 10.5 Å². The van der Waals surface area contributed by atoms with Crippen LogP contribution in [0.25, 0.3) is 0 Å². The van der Waals surface area contributed by atoms with Crippen LogP contribution in [0.2, 0.25) is 0 Å². The maximum absolute atomic E-state index is 10.3. The van der Waals surface area contributed by atoms with Gasteiger partial charge in [0.2, 0.25) is 0 Å². The highest BCUT2D eigenvalue weighted by Crippen LogP contribution is 2.18. The third kappa shape index (κ3) is 1.47. The summed E-state index contributed by atoms with van der Waals surface area (Å²) in [7, 11) is 0. The summed E-state index contributed by atoms with van der Waals surface area (Å²) in [5.74, 6) is 0. The van der Waals surface area contributed by atoms with E-state index in [4.69, 9.17) is 0 Å². The molecule has 0 aliphatic carbocycles. The molecule has 0 aliphatic heterocycles. The van der Waals surface area contributed by atoms with Crippen LogP contribution in [0, 0.1) is 6.92 Å². The topological polar surface area (TPSA) is 19.9 Å². The Kier molecular flexibility index (Phi) is 2.14. The van der Waals surface area contributed by atoms with Crippen LogP contribution in [-0.4, -0.2) is 0 Å². The molecular weight excluding hydrogens is 132 g/mol. The molecule has 0 bridgehead atoms. The van der Waals surface area contributed by atoms with E-state index in [9.17, 15) is 4.55 Å². The van der Waals surface area contributed by atoms with Crippen molar-refractivity contribution in [3.05, 3.63) is 29.8 Å². The second-order valence-electron chi connectivity index (χ2n) is 1.85. The van der Waals surface area contributed by atoms with Gasteiger partial charge in [0.1, 0.15) is 0 Å². The number of benzene rings is 1. The first-order valence-corrected chi connectivity index (χ1v) is 3.44. The Balaban J connectivity index is 3.01. The summed E-state index contributed by atoms with van der Waals surface area (Å²) in [6.45, 7) is 1.93. The zero-order chi connectivity index (χ0) is 6.69. The van der Waals surface area contributed by atoms with E-state index in [-0.39, 0.29) is 0 Å². The van der Waals surface area contributed by atoms with E-state index < -0.39 is 0 Å². The zero-order valence-electron chi connectivity index (χ0n) is 5.13. The SMILES string of the molecule is Cc1ccccc1S[O]. The van der Waals surface area contributed by atoms with Gasteiger partial charge in [0.05, 0.1) is 12.0 Å². The van der Waals surface area contributed by atoms with Crippen molar-refractivity contribution in [2.75, 3.05) is 0 Å². The lowest BCUT2D eigenvalue weighted by Crippen LogP contribution is -1.73. The first kappa shape index (κ1) is 6.65. The molecule has 0 unspecified atom stereocenters. The molecule has 0 spiro atoms. The summed E-state index contributed by atoms with van der Waals surface area (Å²) in [6, 6.07) is 7.55. The van der Waals surface area contributed by atoms with Gasteiger partial charge in [-0.3, -0.25) is 0 Å². The first-order valence-electron chi connectivity index (χ1n) is 2.70. The van der Waals surface area contributed by atoms with E-state index >= 15 is 0 Å². The van der Waals surface area contributed by atoms with Crippen LogP contribution in [0.15, 0.2) is 29.2 Å². The highest BCUT2D eigenvalue weighted by molar-refractivity contribution is 7.93. The standard InChI is InChI=1S/C7H7OS/c1-6-4-2-3-5-7(6)9-8/h2-5H,1H3. The fourth-order valence-electron chi connectivity index (χ4n) is 0.650. The lowest BCUT2D eigenvalue weighted by molar-refractivity contribution is 0.531. The predicted molar refractivity (Wildman–Crippen MR) is 37.7 cm³/mol. The number of aryl methyl sites for hydroxylation is 1. The third-order valence-corrected chi connectivity index (χ3v) is 1.82. The minimum Gasteiger partial charge on any atom is -0.145 e. The van der Waals surface area contributed by atoms with Gasteiger partial charge in [0, 0.05) is 4.90 Å². The van der Waals surface area contributed by atoms with Crippen LogP contribution in [0.4, 0.5) is 0 Å². The van der Waals surface area contributed by atoms with Crippen molar-refractivity contribution in [3.63, 3.8) is 0 Å². The van der Waals surface area contributed by atoms with Gasteiger partial charge in [-0.15, -0.1) is 4.55 Å². The van der Waals surface area contributed by atoms with Gasteiger partial charge < -0.3 is 0 Å². The van der Waals surface area contributed by atoms with Crippen molar-refractivity contribution in [3.8, 4) is 0 Å². The Bertz CT molecular complexity index is 198. The van der Waals surface area contributed by atoms with Crippen LogP contribution in [0.1, 0.15) is 5.56 Å². The summed E-state index contributed by atoms with van der Waals surface area (Å²) < 4.78 is 10.3. The van der Waals surface area contributed by atoms with Crippen LogP contribution >= 0.6 is 12.0 Å². The smallest absolute Gasteiger partial charge is 0.0698 e. The van der Waals surface area contributed by atoms with Crippen LogP contribution in [0.3, 0.4) is 0 Å². The van der Waals surface area contributed by atoms with Crippen LogP contribution < -0.4 is 0 Å². The zero-order valence-corrected chi connectivity index (χ0v) is 5.94. The van der Waals surface area contributed by atoms with E-state index in [2.05, 4.69) is 0 Å². The predicted octanol–water partition coefficient (Wildman–Crippen LogP) is 2.43. The largest absolute Gasteiger partial charge is 0.145 e. The molecule has 1 aromatic carbocycles. The lowest BCUT2D eigenvalue weighted by Gasteiger charge is -1.94. The molecule has 1 nitrogen and oxygen atoms in total. The maximum Gasteiger partial charge on any atom is 0.0698 e. The van der Waals surface area contributed by atoms with Gasteiger partial charge in [-0.1, -0.05) is 18.2 Å². The molecular formula is C7H7OS. The maximum atomic E-state index is 10.3. The summed E-state index contributed by atoms with van der Waals surface area (Å²) in [5, 5.41) is 0. The Morgan fingerprint density at radius 3 is 2.44 bits per heavy atom. The van der Waals surface area contributed by atoms with Gasteiger partial charge in [0.15, 0.2) is 0 Å². The number of hydrogen-bond acceptors (Lipinski definition) is 1. The first-order chi connectivity index (χ1) is 4.34. The quantitative estimate of drug-likeness (QED) is 0.547. The van der Waals surface area contributed by atoms with Crippen molar-refractivity contribution in [2.24, 2.45) is 0 Å². The molecule has 0 amide bonds. The average molecular weight is 139 g/mol. The van der Waals surface area contributed by atoms with E-state index in [1.165, 1.54) is 0 Å². The number of rotatable bonds is 1. The summed E-state index contributed by atoms with van der Waals surface area (Å²) in [6.07, 6.45) is 0. The molecule has 0 saturated heterocycles. The molecule has 0 heterocycles. The molecule has 0 saturated carbocycles. The molecule has 1 aromatic rings. The van der Waals surface area contributed by atoms with Gasteiger partial charge in [-0.25, -0.2) is 0 Å². The van der Waals surface area contributed by atoms with Crippen molar-refractivity contribution >= 4 is 12.0 Å². The van der Waals surface area contributed by atoms with Crippen molar-refractivity contribution < 1.29 is 4.55 Å². The molecule has 2 heteroatoms. The lowest BCUT2D eigenvalue weighted by atomic mass is 10.2. The minimum absolute atomic E-state index is 0.545. The summed E-state index contributed by atoms with van der Waals surface area (Å²) in [4.78, 5) is 0.817. The van der Waals surface area contributed by atoms with Crippen molar-refractivity contribution in [1.82, 2.24) is 0 Å². The van der Waals surface area contributed by atoms with Crippen LogP contribution in [0.5, 0.6) is 0 Å². The minimum atomic E-state index is 0.545. The summed E-state index contributed by atoms with van der Waals surface area (Å²) >= 11 is 0.545. The highest BCUT2D eigenvalue weighted by Gasteiger charge is 1.93. The van der Waals surface area contributed by atoms with Crippen LogP contribution in [-0.2, 0) is 4.55 Å². The molecule has 0 aliphatic rings. The number of hydrogen-bond donors (Lipinski definition) is 0. The Morgan fingerprint density at radius 2 is 2.00 bits per heavy atom. The van der Waals surface area contributed by atoms with Crippen molar-refractivity contribution in [2.45, 2.75) is 11.8 Å². The molecule has 0 N–H and O–H groups in total. The third-order valence-electron chi connectivity index (χ3n) is 1.18. The molecule has 1 rings (SSSR count). The molecule has 0 fully saturated rings. The monoisotopic (exact) mass is 139 g/mol.